The van der Waals surface area contributed by atoms with Crippen LogP contribution in [0.15, 0.2) is 0 Å². The molecule has 1 rings (SSSR count). The van der Waals surface area contributed by atoms with Crippen molar-refractivity contribution in [2.45, 2.75) is 54.1 Å². The van der Waals surface area contributed by atoms with Crippen LogP contribution in [0.2, 0.25) is 0 Å². The second-order valence-electron chi connectivity index (χ2n) is 7.13. The van der Waals surface area contributed by atoms with E-state index >= 15 is 0 Å². The van der Waals surface area contributed by atoms with Crippen molar-refractivity contribution in [2.75, 3.05) is 14.2 Å². The van der Waals surface area contributed by atoms with E-state index in [1.54, 1.807) is 14.2 Å². The summed E-state index contributed by atoms with van der Waals surface area (Å²) in [5.41, 5.74) is 0.262. The maximum absolute atomic E-state index is 5.89. The Bertz CT molecular complexity index is 223. The van der Waals surface area contributed by atoms with E-state index in [4.69, 9.17) is 14.2 Å². The van der Waals surface area contributed by atoms with Crippen LogP contribution in [-0.2, 0) is 14.2 Å². The minimum absolute atomic E-state index is 0.131. The minimum Gasteiger partial charge on any atom is -0.355 e. The van der Waals surface area contributed by atoms with Gasteiger partial charge in [0, 0.05) is 26.1 Å². The Hall–Kier alpha value is -0.120. The van der Waals surface area contributed by atoms with Gasteiger partial charge in [-0.1, -0.05) is 41.5 Å². The lowest BCUT2D eigenvalue weighted by atomic mass is 9.65. The van der Waals surface area contributed by atoms with E-state index in [0.717, 1.165) is 0 Å². The van der Waals surface area contributed by atoms with Crippen molar-refractivity contribution in [3.63, 3.8) is 0 Å². The van der Waals surface area contributed by atoms with Gasteiger partial charge in [-0.3, -0.25) is 0 Å². The lowest BCUT2D eigenvalue weighted by molar-refractivity contribution is -0.204. The van der Waals surface area contributed by atoms with Gasteiger partial charge in [-0.15, -0.1) is 0 Å². The molecule has 0 aromatic rings. The molecule has 4 atom stereocenters. The third-order valence-electron chi connectivity index (χ3n) is 3.71. The van der Waals surface area contributed by atoms with Gasteiger partial charge in [0.1, 0.15) is 0 Å². The summed E-state index contributed by atoms with van der Waals surface area (Å²) in [7, 11) is 3.42. The molecule has 102 valence electrons. The Kier molecular flexibility index (Phi) is 4.28. The average Bonchev–Trinajstić information content (AvgIpc) is 2.54. The number of methoxy groups -OCH3 is 2. The molecule has 0 saturated carbocycles. The molecule has 0 bridgehead atoms. The molecule has 0 aromatic heterocycles. The second kappa shape index (κ2) is 4.87. The Labute approximate surface area is 106 Å². The zero-order chi connectivity index (χ0) is 13.4. The Balaban J connectivity index is 3.09. The van der Waals surface area contributed by atoms with E-state index in [1.165, 1.54) is 0 Å². The van der Waals surface area contributed by atoms with Crippen LogP contribution in [0.4, 0.5) is 0 Å². The molecule has 1 heterocycles. The summed E-state index contributed by atoms with van der Waals surface area (Å²) in [4.78, 5) is 0. The van der Waals surface area contributed by atoms with E-state index in [9.17, 15) is 0 Å². The maximum atomic E-state index is 5.89. The largest absolute Gasteiger partial charge is 0.355 e. The smallest absolute Gasteiger partial charge is 0.164 e. The topological polar surface area (TPSA) is 27.7 Å². The lowest BCUT2D eigenvalue weighted by Crippen LogP contribution is -2.41. The van der Waals surface area contributed by atoms with Gasteiger partial charge in [0.15, 0.2) is 12.6 Å². The highest BCUT2D eigenvalue weighted by Crippen LogP contribution is 2.51. The Morgan fingerprint density at radius 2 is 1.00 bits per heavy atom. The first kappa shape index (κ1) is 14.9. The van der Waals surface area contributed by atoms with Crippen LogP contribution in [0.3, 0.4) is 0 Å². The molecular formula is C14H28O3. The molecule has 0 aliphatic carbocycles. The van der Waals surface area contributed by atoms with Crippen molar-refractivity contribution >= 4 is 0 Å². The molecule has 17 heavy (non-hydrogen) atoms. The molecule has 1 fully saturated rings. The van der Waals surface area contributed by atoms with Crippen LogP contribution in [0.5, 0.6) is 0 Å². The van der Waals surface area contributed by atoms with Gasteiger partial charge in [0.05, 0.1) is 0 Å². The third-order valence-corrected chi connectivity index (χ3v) is 3.71. The molecule has 0 aromatic carbocycles. The lowest BCUT2D eigenvalue weighted by Gasteiger charge is -2.40. The fourth-order valence-corrected chi connectivity index (χ4v) is 2.94. The highest BCUT2D eigenvalue weighted by atomic mass is 16.8. The summed E-state index contributed by atoms with van der Waals surface area (Å²) in [5, 5.41) is 0. The van der Waals surface area contributed by atoms with Crippen molar-refractivity contribution in [1.29, 1.82) is 0 Å². The molecule has 1 saturated heterocycles. The second-order valence-corrected chi connectivity index (χ2v) is 7.13. The van der Waals surface area contributed by atoms with E-state index in [0.29, 0.717) is 11.8 Å². The van der Waals surface area contributed by atoms with E-state index < -0.39 is 0 Å². The highest BCUT2D eigenvalue weighted by Gasteiger charge is 2.54. The van der Waals surface area contributed by atoms with Gasteiger partial charge >= 0.3 is 0 Å². The van der Waals surface area contributed by atoms with Gasteiger partial charge in [0.25, 0.3) is 0 Å². The first-order valence-electron chi connectivity index (χ1n) is 6.34. The normalized spacial score (nSPS) is 35.3. The minimum atomic E-state index is -0.177. The summed E-state index contributed by atoms with van der Waals surface area (Å²) in [5.74, 6) is 0.662. The first-order valence-corrected chi connectivity index (χ1v) is 6.34. The van der Waals surface area contributed by atoms with Crippen LogP contribution >= 0.6 is 0 Å². The van der Waals surface area contributed by atoms with E-state index in [1.807, 2.05) is 0 Å². The summed E-state index contributed by atoms with van der Waals surface area (Å²) in [6.07, 6.45) is -0.353. The molecule has 1 aliphatic heterocycles. The SMILES string of the molecule is COC1OC(OC)C(C(C)(C)C)C1C(C)(C)C. The molecule has 0 N–H and O–H groups in total. The highest BCUT2D eigenvalue weighted by molar-refractivity contribution is 4.95. The summed E-state index contributed by atoms with van der Waals surface area (Å²) >= 11 is 0. The predicted octanol–water partition coefficient (Wildman–Crippen LogP) is 3.29. The van der Waals surface area contributed by atoms with Crippen LogP contribution in [-0.4, -0.2) is 26.8 Å². The van der Waals surface area contributed by atoms with Gasteiger partial charge in [-0.2, -0.15) is 0 Å². The summed E-state index contributed by atoms with van der Waals surface area (Å²) in [6.45, 7) is 13.4. The Morgan fingerprint density at radius 3 is 1.18 bits per heavy atom. The van der Waals surface area contributed by atoms with Crippen molar-refractivity contribution in [1.82, 2.24) is 0 Å². The predicted molar refractivity (Wildman–Crippen MR) is 68.6 cm³/mol. The number of hydrogen-bond donors (Lipinski definition) is 0. The standard InChI is InChI=1S/C14H28O3/c1-13(2,3)9-10(14(4,5)6)12(16-8)17-11(9)15-7/h9-12H,1-8H3. The monoisotopic (exact) mass is 244 g/mol. The molecule has 1 aliphatic rings. The number of rotatable bonds is 2. The molecule has 0 spiro atoms. The van der Waals surface area contributed by atoms with Crippen LogP contribution < -0.4 is 0 Å². The van der Waals surface area contributed by atoms with E-state index in [2.05, 4.69) is 41.5 Å². The van der Waals surface area contributed by atoms with Crippen LogP contribution in [0.1, 0.15) is 41.5 Å². The molecule has 3 heteroatoms. The van der Waals surface area contributed by atoms with E-state index in [-0.39, 0.29) is 23.4 Å². The quantitative estimate of drug-likeness (QED) is 0.746. The van der Waals surface area contributed by atoms with Gasteiger partial charge in [0.2, 0.25) is 0 Å². The van der Waals surface area contributed by atoms with Crippen molar-refractivity contribution < 1.29 is 14.2 Å². The Morgan fingerprint density at radius 1 is 0.706 bits per heavy atom. The van der Waals surface area contributed by atoms with Gasteiger partial charge in [-0.25, -0.2) is 0 Å². The molecular weight excluding hydrogens is 216 g/mol. The molecule has 0 radical (unpaired) electrons. The first-order chi connectivity index (χ1) is 7.62. The summed E-state index contributed by atoms with van der Waals surface area (Å²) in [6, 6.07) is 0. The number of hydrogen-bond acceptors (Lipinski definition) is 3. The van der Waals surface area contributed by atoms with Gasteiger partial charge in [-0.05, 0) is 10.8 Å². The zero-order valence-electron chi connectivity index (χ0n) is 12.5. The maximum Gasteiger partial charge on any atom is 0.164 e. The number of ether oxygens (including phenoxy) is 3. The van der Waals surface area contributed by atoms with Gasteiger partial charge < -0.3 is 14.2 Å². The average molecular weight is 244 g/mol. The molecule has 3 nitrogen and oxygen atoms in total. The zero-order valence-corrected chi connectivity index (χ0v) is 12.5. The van der Waals surface area contributed by atoms with Crippen LogP contribution in [0, 0.1) is 22.7 Å². The fourth-order valence-electron chi connectivity index (χ4n) is 2.94. The van der Waals surface area contributed by atoms with Crippen molar-refractivity contribution in [3.8, 4) is 0 Å². The molecule has 0 amide bonds. The van der Waals surface area contributed by atoms with Crippen molar-refractivity contribution in [3.05, 3.63) is 0 Å². The molecule has 4 unspecified atom stereocenters. The van der Waals surface area contributed by atoms with Crippen LogP contribution in [0.25, 0.3) is 0 Å². The third kappa shape index (κ3) is 3.01. The summed E-state index contributed by atoms with van der Waals surface area (Å²) < 4.78 is 16.9. The van der Waals surface area contributed by atoms with Crippen molar-refractivity contribution in [2.24, 2.45) is 22.7 Å². The fraction of sp³-hybridized carbons (Fsp3) is 1.00.